The molecule has 0 saturated heterocycles. The fraction of sp³-hybridized carbons (Fsp3) is 0.273. The van der Waals surface area contributed by atoms with Gasteiger partial charge in [0.05, 0.1) is 22.6 Å². The van der Waals surface area contributed by atoms with Crippen LogP contribution in [0.4, 0.5) is 0 Å². The maximum absolute atomic E-state index is 6.14. The molecule has 0 aliphatic heterocycles. The number of hydrogen-bond acceptors (Lipinski definition) is 2. The lowest BCUT2D eigenvalue weighted by Crippen LogP contribution is -2.31. The number of aryl methyl sites for hydroxylation is 1. The van der Waals surface area contributed by atoms with Crippen molar-refractivity contribution in [2.24, 2.45) is 17.8 Å². The fourth-order valence-electron chi connectivity index (χ4n) is 1.68. The normalized spacial score (nSPS) is 12.1. The van der Waals surface area contributed by atoms with E-state index >= 15 is 0 Å². The van der Waals surface area contributed by atoms with Gasteiger partial charge in [0.25, 0.3) is 0 Å². The first-order valence-electron chi connectivity index (χ1n) is 5.19. The molecule has 1 aromatic carbocycles. The number of halogens is 1. The number of aromatic nitrogens is 2. The van der Waals surface area contributed by atoms with E-state index in [-0.39, 0.29) is 0 Å². The topological polar surface area (TPSA) is 68.2 Å². The maximum atomic E-state index is 6.14. The highest BCUT2D eigenvalue weighted by molar-refractivity contribution is 6.35. The molecule has 6 heteroatoms. The third-order valence-corrected chi connectivity index (χ3v) is 2.91. The summed E-state index contributed by atoms with van der Waals surface area (Å²) >= 11 is 6.14. The van der Waals surface area contributed by atoms with Gasteiger partial charge in [0.2, 0.25) is 0 Å². The number of benzene rings is 1. The average molecular weight is 252 g/mol. The van der Waals surface area contributed by atoms with Crippen molar-refractivity contribution in [2.75, 3.05) is 7.05 Å². The Bertz CT molecular complexity index is 572. The van der Waals surface area contributed by atoms with E-state index in [9.17, 15) is 0 Å². The van der Waals surface area contributed by atoms with Crippen LogP contribution in [0.1, 0.15) is 5.82 Å². The van der Waals surface area contributed by atoms with Gasteiger partial charge in [-0.05, 0) is 12.1 Å². The number of para-hydroxylation sites is 1. The summed E-state index contributed by atoms with van der Waals surface area (Å²) in [6, 6.07) is 5.67. The number of aliphatic imine (C=N–C) groups is 1. The molecule has 3 N–H and O–H groups in total. The molecule has 0 atom stereocenters. The van der Waals surface area contributed by atoms with Gasteiger partial charge in [-0.2, -0.15) is 0 Å². The highest BCUT2D eigenvalue weighted by atomic mass is 35.5. The molecule has 0 fully saturated rings. The number of nitrogens with one attached hydrogen (secondary N) is 1. The van der Waals surface area contributed by atoms with Crippen LogP contribution in [-0.2, 0) is 13.6 Å². The van der Waals surface area contributed by atoms with Crippen molar-refractivity contribution in [3.05, 3.63) is 29.0 Å². The first kappa shape index (κ1) is 11.7. The van der Waals surface area contributed by atoms with Gasteiger partial charge in [0.15, 0.2) is 5.96 Å². The molecule has 0 spiro atoms. The van der Waals surface area contributed by atoms with Gasteiger partial charge in [-0.1, -0.05) is 17.7 Å². The van der Waals surface area contributed by atoms with Crippen LogP contribution < -0.4 is 11.1 Å². The van der Waals surface area contributed by atoms with E-state index in [4.69, 9.17) is 17.3 Å². The number of fused-ring (bicyclic) bond motifs is 1. The lowest BCUT2D eigenvalue weighted by Gasteiger charge is -2.05. The summed E-state index contributed by atoms with van der Waals surface area (Å²) in [4.78, 5) is 8.31. The van der Waals surface area contributed by atoms with Crippen molar-refractivity contribution in [3.8, 4) is 0 Å². The molecule has 0 amide bonds. The van der Waals surface area contributed by atoms with Crippen LogP contribution in [0.3, 0.4) is 0 Å². The summed E-state index contributed by atoms with van der Waals surface area (Å²) in [7, 11) is 3.56. The minimum Gasteiger partial charge on any atom is -0.370 e. The highest BCUT2D eigenvalue weighted by Crippen LogP contribution is 2.23. The summed E-state index contributed by atoms with van der Waals surface area (Å²) in [6.07, 6.45) is 0. The lowest BCUT2D eigenvalue weighted by molar-refractivity contribution is 0.760. The van der Waals surface area contributed by atoms with Gasteiger partial charge >= 0.3 is 0 Å². The van der Waals surface area contributed by atoms with Crippen LogP contribution >= 0.6 is 11.6 Å². The minimum atomic E-state index is 0.392. The van der Waals surface area contributed by atoms with Crippen LogP contribution in [0, 0.1) is 0 Å². The summed E-state index contributed by atoms with van der Waals surface area (Å²) in [5.74, 6) is 1.25. The van der Waals surface area contributed by atoms with Crippen molar-refractivity contribution in [3.63, 3.8) is 0 Å². The molecule has 5 nitrogen and oxygen atoms in total. The molecule has 0 aliphatic carbocycles. The Kier molecular flexibility index (Phi) is 3.19. The van der Waals surface area contributed by atoms with Crippen LogP contribution in [0.25, 0.3) is 11.0 Å². The Balaban J connectivity index is 2.36. The number of rotatable bonds is 2. The van der Waals surface area contributed by atoms with Gasteiger partial charge in [-0.3, -0.25) is 4.99 Å². The van der Waals surface area contributed by atoms with Crippen LogP contribution in [0.15, 0.2) is 23.2 Å². The molecular formula is C11H14ClN5. The Morgan fingerprint density at radius 2 is 2.35 bits per heavy atom. The van der Waals surface area contributed by atoms with Gasteiger partial charge in [0.1, 0.15) is 5.82 Å². The third-order valence-electron chi connectivity index (χ3n) is 2.61. The zero-order chi connectivity index (χ0) is 12.4. The monoisotopic (exact) mass is 251 g/mol. The molecule has 1 heterocycles. The van der Waals surface area contributed by atoms with Crippen molar-refractivity contribution in [1.82, 2.24) is 14.9 Å². The molecule has 0 bridgehead atoms. The molecule has 0 radical (unpaired) electrons. The number of imidazole rings is 1. The average Bonchev–Trinajstić information content (AvgIpc) is 2.64. The summed E-state index contributed by atoms with van der Waals surface area (Å²) in [5.41, 5.74) is 7.38. The van der Waals surface area contributed by atoms with Crippen molar-refractivity contribution >= 4 is 28.6 Å². The van der Waals surface area contributed by atoms with Crippen molar-refractivity contribution < 1.29 is 0 Å². The molecule has 0 unspecified atom stereocenters. The molecule has 0 saturated carbocycles. The van der Waals surface area contributed by atoms with Crippen LogP contribution in [0.2, 0.25) is 5.02 Å². The lowest BCUT2D eigenvalue weighted by atomic mass is 10.3. The number of hydrogen-bond donors (Lipinski definition) is 2. The maximum Gasteiger partial charge on any atom is 0.188 e. The van der Waals surface area contributed by atoms with Crippen molar-refractivity contribution in [2.45, 2.75) is 6.54 Å². The van der Waals surface area contributed by atoms with E-state index in [1.165, 1.54) is 0 Å². The molecule has 0 aliphatic rings. The van der Waals surface area contributed by atoms with Crippen molar-refractivity contribution in [1.29, 1.82) is 0 Å². The van der Waals surface area contributed by atoms with E-state index in [0.717, 1.165) is 16.9 Å². The fourth-order valence-corrected chi connectivity index (χ4v) is 1.97. The van der Waals surface area contributed by atoms with E-state index in [1.54, 1.807) is 7.05 Å². The second kappa shape index (κ2) is 4.63. The van der Waals surface area contributed by atoms with Crippen LogP contribution in [-0.4, -0.2) is 22.6 Å². The third kappa shape index (κ3) is 2.19. The Morgan fingerprint density at radius 3 is 3.00 bits per heavy atom. The van der Waals surface area contributed by atoms with Gasteiger partial charge in [0, 0.05) is 14.1 Å². The smallest absolute Gasteiger partial charge is 0.188 e. The first-order valence-corrected chi connectivity index (χ1v) is 5.57. The van der Waals surface area contributed by atoms with E-state index in [1.807, 2.05) is 29.8 Å². The first-order chi connectivity index (χ1) is 8.13. The minimum absolute atomic E-state index is 0.392. The number of guanidine groups is 1. The quantitative estimate of drug-likeness (QED) is 0.624. The Morgan fingerprint density at radius 1 is 1.59 bits per heavy atom. The van der Waals surface area contributed by atoms with Gasteiger partial charge in [-0.25, -0.2) is 4.98 Å². The number of nitrogens with two attached hydrogens (primary N) is 1. The van der Waals surface area contributed by atoms with E-state index in [0.29, 0.717) is 17.5 Å². The second-order valence-electron chi connectivity index (χ2n) is 3.66. The Labute approximate surface area is 104 Å². The Hall–Kier alpha value is -1.75. The van der Waals surface area contributed by atoms with Crippen LogP contribution in [0.5, 0.6) is 0 Å². The number of nitrogens with zero attached hydrogens (tertiary/aromatic N) is 3. The van der Waals surface area contributed by atoms with Gasteiger partial charge in [-0.15, -0.1) is 0 Å². The summed E-state index contributed by atoms with van der Waals surface area (Å²) < 4.78 is 1.95. The van der Waals surface area contributed by atoms with E-state index < -0.39 is 0 Å². The molecule has 2 rings (SSSR count). The predicted molar refractivity (Wildman–Crippen MR) is 70.1 cm³/mol. The van der Waals surface area contributed by atoms with Gasteiger partial charge < -0.3 is 15.6 Å². The largest absolute Gasteiger partial charge is 0.370 e. The molecule has 1 aromatic heterocycles. The highest BCUT2D eigenvalue weighted by Gasteiger charge is 2.09. The molecule has 17 heavy (non-hydrogen) atoms. The SMILES string of the molecule is CN=C(N)NCc1nc2cccc(Cl)c2n1C. The zero-order valence-corrected chi connectivity index (χ0v) is 10.5. The second-order valence-corrected chi connectivity index (χ2v) is 4.06. The molecule has 2 aromatic rings. The standard InChI is InChI=1S/C11H14ClN5/c1-14-11(13)15-6-9-16-8-5-3-4-7(12)10(8)17(9)2/h3-5H,6H2,1-2H3,(H3,13,14,15). The predicted octanol–water partition coefficient (Wildman–Crippen LogP) is 1.26. The summed E-state index contributed by atoms with van der Waals surface area (Å²) in [5, 5.41) is 3.67. The molecule has 90 valence electrons. The zero-order valence-electron chi connectivity index (χ0n) is 9.74. The molecular weight excluding hydrogens is 238 g/mol. The summed E-state index contributed by atoms with van der Waals surface area (Å²) in [6.45, 7) is 0.519. The van der Waals surface area contributed by atoms with E-state index in [2.05, 4.69) is 15.3 Å².